The molecule has 1 atom stereocenters. The molecule has 1 unspecified atom stereocenters. The Morgan fingerprint density at radius 2 is 0.974 bits per heavy atom. The Hall–Kier alpha value is -1.59. The van der Waals surface area contributed by atoms with Crippen LogP contribution in [0.1, 0.15) is 174 Å². The van der Waals surface area contributed by atoms with E-state index in [0.717, 1.165) is 64.2 Å². The first-order valence-corrected chi connectivity index (χ1v) is 16.2. The molecule has 1 amide bonds. The first-order chi connectivity index (χ1) is 18.5. The SMILES string of the molecule is CCCCCCCCCCC(=O)OC(CCCCCCCCCC)CCCCCCCC(=O)NCC(=O)O. The Labute approximate surface area is 234 Å². The van der Waals surface area contributed by atoms with Gasteiger partial charge in [0.05, 0.1) is 0 Å². The second-order valence-corrected chi connectivity index (χ2v) is 11.1. The van der Waals surface area contributed by atoms with Gasteiger partial charge in [0.1, 0.15) is 12.6 Å². The molecule has 0 aliphatic rings. The summed E-state index contributed by atoms with van der Waals surface area (Å²) in [6.07, 6.45) is 27.9. The zero-order valence-corrected chi connectivity index (χ0v) is 25.0. The van der Waals surface area contributed by atoms with E-state index in [1.54, 1.807) is 0 Å². The van der Waals surface area contributed by atoms with Crippen molar-refractivity contribution < 1.29 is 24.2 Å². The number of carboxylic acid groups (broad SMARTS) is 1. The topological polar surface area (TPSA) is 92.7 Å². The molecule has 0 rings (SSSR count). The summed E-state index contributed by atoms with van der Waals surface area (Å²) in [5.41, 5.74) is 0. The molecule has 6 nitrogen and oxygen atoms in total. The second-order valence-electron chi connectivity index (χ2n) is 11.1. The van der Waals surface area contributed by atoms with Crippen molar-refractivity contribution >= 4 is 17.8 Å². The Bertz CT molecular complexity index is 566. The van der Waals surface area contributed by atoms with Crippen LogP contribution in [0.5, 0.6) is 0 Å². The molecule has 6 heteroatoms. The van der Waals surface area contributed by atoms with Crippen LogP contribution in [0, 0.1) is 0 Å². The number of carboxylic acids is 1. The number of nitrogens with one attached hydrogen (secondary N) is 1. The normalized spacial score (nSPS) is 11.8. The van der Waals surface area contributed by atoms with Gasteiger partial charge in [0.2, 0.25) is 5.91 Å². The number of carbonyl (C=O) groups excluding carboxylic acids is 2. The van der Waals surface area contributed by atoms with Gasteiger partial charge in [0, 0.05) is 12.8 Å². The molecule has 0 aromatic rings. The molecular weight excluding hydrogens is 478 g/mol. The maximum absolute atomic E-state index is 12.5. The molecule has 0 saturated carbocycles. The molecular formula is C32H61NO5. The van der Waals surface area contributed by atoms with Crippen molar-refractivity contribution in [2.24, 2.45) is 0 Å². The molecule has 0 bridgehead atoms. The average Bonchev–Trinajstić information content (AvgIpc) is 2.89. The number of hydrogen-bond acceptors (Lipinski definition) is 4. The van der Waals surface area contributed by atoms with Crippen LogP contribution in [0.4, 0.5) is 0 Å². The molecule has 0 fully saturated rings. The number of aliphatic carboxylic acids is 1. The van der Waals surface area contributed by atoms with Gasteiger partial charge in [-0.05, 0) is 38.5 Å². The van der Waals surface area contributed by atoms with E-state index in [4.69, 9.17) is 9.84 Å². The zero-order valence-electron chi connectivity index (χ0n) is 25.0. The third-order valence-electron chi connectivity index (χ3n) is 7.28. The standard InChI is InChI=1S/C32H61NO5/c1-3-5-7-9-11-13-16-20-24-29(38-32(37)27-23-19-14-12-10-8-6-4-2)25-21-17-15-18-22-26-30(34)33-28-31(35)36/h29H,3-28H2,1-2H3,(H,33,34)(H,35,36). The first-order valence-electron chi connectivity index (χ1n) is 16.2. The monoisotopic (exact) mass is 539 g/mol. The highest BCUT2D eigenvalue weighted by atomic mass is 16.5. The predicted molar refractivity (Wildman–Crippen MR) is 157 cm³/mol. The van der Waals surface area contributed by atoms with E-state index in [9.17, 15) is 14.4 Å². The van der Waals surface area contributed by atoms with Crippen molar-refractivity contribution in [3.05, 3.63) is 0 Å². The predicted octanol–water partition coefficient (Wildman–Crippen LogP) is 8.89. The molecule has 38 heavy (non-hydrogen) atoms. The number of unbranched alkanes of at least 4 members (excludes halogenated alkanes) is 18. The Kier molecular flexibility index (Phi) is 27.2. The lowest BCUT2D eigenvalue weighted by atomic mass is 10.0. The second kappa shape index (κ2) is 28.4. The Morgan fingerprint density at radius 3 is 1.42 bits per heavy atom. The summed E-state index contributed by atoms with van der Waals surface area (Å²) in [6.45, 7) is 4.18. The van der Waals surface area contributed by atoms with E-state index in [1.165, 1.54) is 83.5 Å². The maximum Gasteiger partial charge on any atom is 0.322 e. The van der Waals surface area contributed by atoms with Gasteiger partial charge >= 0.3 is 11.9 Å². The fraction of sp³-hybridized carbons (Fsp3) is 0.906. The zero-order chi connectivity index (χ0) is 28.1. The summed E-state index contributed by atoms with van der Waals surface area (Å²) in [7, 11) is 0. The molecule has 0 spiro atoms. The van der Waals surface area contributed by atoms with Crippen LogP contribution in [0.25, 0.3) is 0 Å². The quantitative estimate of drug-likeness (QED) is 0.0731. The Balaban J connectivity index is 4.13. The van der Waals surface area contributed by atoms with Crippen LogP contribution in [0.3, 0.4) is 0 Å². The van der Waals surface area contributed by atoms with Crippen LogP contribution >= 0.6 is 0 Å². The van der Waals surface area contributed by atoms with Crippen molar-refractivity contribution in [2.45, 2.75) is 180 Å². The summed E-state index contributed by atoms with van der Waals surface area (Å²) >= 11 is 0. The van der Waals surface area contributed by atoms with Gasteiger partial charge in [-0.3, -0.25) is 14.4 Å². The fourth-order valence-corrected chi connectivity index (χ4v) is 4.87. The van der Waals surface area contributed by atoms with E-state index >= 15 is 0 Å². The van der Waals surface area contributed by atoms with Crippen LogP contribution < -0.4 is 5.32 Å². The number of esters is 1. The van der Waals surface area contributed by atoms with Gasteiger partial charge in [-0.1, -0.05) is 123 Å². The minimum absolute atomic E-state index is 0.0204. The van der Waals surface area contributed by atoms with Crippen LogP contribution in [-0.2, 0) is 19.1 Å². The van der Waals surface area contributed by atoms with E-state index in [2.05, 4.69) is 19.2 Å². The fourth-order valence-electron chi connectivity index (χ4n) is 4.87. The highest BCUT2D eigenvalue weighted by molar-refractivity contribution is 5.80. The van der Waals surface area contributed by atoms with Crippen LogP contribution in [0.15, 0.2) is 0 Å². The molecule has 0 heterocycles. The molecule has 0 aliphatic heterocycles. The van der Waals surface area contributed by atoms with Gasteiger partial charge in [0.25, 0.3) is 0 Å². The van der Waals surface area contributed by atoms with E-state index < -0.39 is 5.97 Å². The van der Waals surface area contributed by atoms with Crippen molar-refractivity contribution in [1.82, 2.24) is 5.32 Å². The van der Waals surface area contributed by atoms with Gasteiger partial charge in [-0.25, -0.2) is 0 Å². The molecule has 0 aromatic carbocycles. The van der Waals surface area contributed by atoms with E-state index in [0.29, 0.717) is 12.8 Å². The summed E-state index contributed by atoms with van der Waals surface area (Å²) in [4.78, 5) is 34.6. The van der Waals surface area contributed by atoms with E-state index in [1.807, 2.05) is 0 Å². The van der Waals surface area contributed by atoms with E-state index in [-0.39, 0.29) is 24.5 Å². The number of rotatable bonds is 29. The maximum atomic E-state index is 12.5. The Morgan fingerprint density at radius 1 is 0.579 bits per heavy atom. The van der Waals surface area contributed by atoms with Crippen molar-refractivity contribution in [2.75, 3.05) is 6.54 Å². The lowest BCUT2D eigenvalue weighted by Crippen LogP contribution is -2.28. The van der Waals surface area contributed by atoms with Gasteiger partial charge in [0.15, 0.2) is 0 Å². The van der Waals surface area contributed by atoms with Gasteiger partial charge in [-0.2, -0.15) is 0 Å². The molecule has 0 saturated heterocycles. The van der Waals surface area contributed by atoms with Crippen molar-refractivity contribution in [1.29, 1.82) is 0 Å². The minimum atomic E-state index is -1.02. The van der Waals surface area contributed by atoms with Crippen molar-refractivity contribution in [3.8, 4) is 0 Å². The molecule has 224 valence electrons. The van der Waals surface area contributed by atoms with Crippen LogP contribution in [-0.4, -0.2) is 35.6 Å². The van der Waals surface area contributed by atoms with Gasteiger partial charge < -0.3 is 15.2 Å². The average molecular weight is 540 g/mol. The highest BCUT2D eigenvalue weighted by Crippen LogP contribution is 2.18. The summed E-state index contributed by atoms with van der Waals surface area (Å²) in [5, 5.41) is 11.0. The molecule has 2 N–H and O–H groups in total. The minimum Gasteiger partial charge on any atom is -0.480 e. The van der Waals surface area contributed by atoms with Gasteiger partial charge in [-0.15, -0.1) is 0 Å². The largest absolute Gasteiger partial charge is 0.480 e. The van der Waals surface area contributed by atoms with Crippen LogP contribution in [0.2, 0.25) is 0 Å². The lowest BCUT2D eigenvalue weighted by molar-refractivity contribution is -0.150. The number of hydrogen-bond donors (Lipinski definition) is 2. The first kappa shape index (κ1) is 36.4. The summed E-state index contributed by atoms with van der Waals surface area (Å²) in [5.74, 6) is -1.23. The summed E-state index contributed by atoms with van der Waals surface area (Å²) < 4.78 is 5.94. The number of ether oxygens (including phenoxy) is 1. The summed E-state index contributed by atoms with van der Waals surface area (Å²) in [6, 6.07) is 0. The highest BCUT2D eigenvalue weighted by Gasteiger charge is 2.14. The molecule has 0 aromatic heterocycles. The molecule has 0 radical (unpaired) electrons. The molecule has 0 aliphatic carbocycles. The number of amides is 1. The van der Waals surface area contributed by atoms with Crippen molar-refractivity contribution in [3.63, 3.8) is 0 Å². The lowest BCUT2D eigenvalue weighted by Gasteiger charge is -2.18. The third kappa shape index (κ3) is 27.4. The third-order valence-corrected chi connectivity index (χ3v) is 7.28. The number of carbonyl (C=O) groups is 3. The smallest absolute Gasteiger partial charge is 0.322 e.